The van der Waals surface area contributed by atoms with E-state index in [9.17, 15) is 4.79 Å². The van der Waals surface area contributed by atoms with Crippen LogP contribution in [0.4, 0.5) is 5.69 Å². The number of nitrogens with two attached hydrogens (primary N) is 1. The summed E-state index contributed by atoms with van der Waals surface area (Å²) in [6, 6.07) is 5.55. The van der Waals surface area contributed by atoms with Gasteiger partial charge in [0.05, 0.1) is 0 Å². The minimum atomic E-state index is -0.0337. The van der Waals surface area contributed by atoms with Crippen LogP contribution >= 0.6 is 15.9 Å². The molecule has 18 heavy (non-hydrogen) atoms. The first kappa shape index (κ1) is 13.4. The summed E-state index contributed by atoms with van der Waals surface area (Å²) in [6.07, 6.45) is 5.03. The Morgan fingerprint density at radius 3 is 2.72 bits per heavy atom. The van der Waals surface area contributed by atoms with Crippen molar-refractivity contribution < 1.29 is 4.79 Å². The van der Waals surface area contributed by atoms with Crippen LogP contribution in [-0.2, 0) is 0 Å². The molecule has 0 unspecified atom stereocenters. The van der Waals surface area contributed by atoms with Crippen LogP contribution in [-0.4, -0.2) is 11.9 Å². The highest BCUT2D eigenvalue weighted by Crippen LogP contribution is 2.27. The number of nitrogens with one attached hydrogen (secondary N) is 1. The maximum Gasteiger partial charge on any atom is 0.251 e. The zero-order valence-corrected chi connectivity index (χ0v) is 12.2. The van der Waals surface area contributed by atoms with Crippen molar-refractivity contribution in [3.63, 3.8) is 0 Å². The lowest BCUT2D eigenvalue weighted by atomic mass is 9.99. The van der Waals surface area contributed by atoms with Gasteiger partial charge in [0, 0.05) is 21.8 Å². The summed E-state index contributed by atoms with van der Waals surface area (Å²) < 4.78 is 0.822. The van der Waals surface area contributed by atoms with E-state index in [2.05, 4.69) is 28.2 Å². The summed E-state index contributed by atoms with van der Waals surface area (Å²) in [5.74, 6) is 0.593. The second kappa shape index (κ2) is 5.74. The van der Waals surface area contributed by atoms with Gasteiger partial charge >= 0.3 is 0 Å². The molecular weight excluding hydrogens is 292 g/mol. The smallest absolute Gasteiger partial charge is 0.251 e. The number of hydrogen-bond acceptors (Lipinski definition) is 2. The first-order chi connectivity index (χ1) is 8.58. The summed E-state index contributed by atoms with van der Waals surface area (Å²) in [5.41, 5.74) is 7.00. The van der Waals surface area contributed by atoms with Crippen LogP contribution in [0.2, 0.25) is 0 Å². The second-order valence-corrected chi connectivity index (χ2v) is 5.90. The Morgan fingerprint density at radius 2 is 2.11 bits per heavy atom. The predicted octanol–water partition coefficient (Wildman–Crippen LogP) is 3.34. The number of carbonyl (C=O) groups is 1. The third-order valence-electron chi connectivity index (χ3n) is 3.72. The van der Waals surface area contributed by atoms with Gasteiger partial charge in [0.1, 0.15) is 0 Å². The van der Waals surface area contributed by atoms with E-state index in [-0.39, 0.29) is 11.9 Å². The van der Waals surface area contributed by atoms with E-state index < -0.39 is 0 Å². The lowest BCUT2D eigenvalue weighted by Gasteiger charge is -2.20. The molecule has 0 aliphatic heterocycles. The lowest BCUT2D eigenvalue weighted by molar-refractivity contribution is 0.0927. The largest absolute Gasteiger partial charge is 0.398 e. The number of amides is 1. The van der Waals surface area contributed by atoms with Crippen molar-refractivity contribution in [3.05, 3.63) is 28.2 Å². The van der Waals surface area contributed by atoms with E-state index >= 15 is 0 Å². The number of rotatable bonds is 3. The van der Waals surface area contributed by atoms with Crippen LogP contribution in [0, 0.1) is 5.92 Å². The Labute approximate surface area is 116 Å². The molecule has 0 heterocycles. The van der Waals surface area contributed by atoms with Crippen LogP contribution in [0.25, 0.3) is 0 Å². The van der Waals surface area contributed by atoms with Crippen LogP contribution in [0.15, 0.2) is 22.7 Å². The van der Waals surface area contributed by atoms with Crippen molar-refractivity contribution >= 4 is 27.5 Å². The minimum Gasteiger partial charge on any atom is -0.398 e. The Kier molecular flexibility index (Phi) is 4.27. The van der Waals surface area contributed by atoms with E-state index in [4.69, 9.17) is 5.73 Å². The molecule has 4 heteroatoms. The highest BCUT2D eigenvalue weighted by Gasteiger charge is 2.23. The fourth-order valence-corrected chi connectivity index (χ4v) is 2.80. The van der Waals surface area contributed by atoms with Crippen molar-refractivity contribution in [2.45, 2.75) is 38.6 Å². The van der Waals surface area contributed by atoms with E-state index in [1.165, 1.54) is 25.7 Å². The third kappa shape index (κ3) is 3.05. The molecule has 1 fully saturated rings. The van der Waals surface area contributed by atoms with Crippen LogP contribution in [0.5, 0.6) is 0 Å². The normalized spacial score (nSPS) is 17.7. The molecule has 3 N–H and O–H groups in total. The maximum atomic E-state index is 12.1. The zero-order chi connectivity index (χ0) is 13.1. The molecular formula is C14H19BrN2O. The average molecular weight is 311 g/mol. The fourth-order valence-electron chi connectivity index (χ4n) is 2.55. The number of benzene rings is 1. The predicted molar refractivity (Wildman–Crippen MR) is 77.4 cm³/mol. The molecule has 1 atom stereocenters. The van der Waals surface area contributed by atoms with Gasteiger partial charge in [-0.2, -0.15) is 0 Å². The molecule has 0 spiro atoms. The monoisotopic (exact) mass is 310 g/mol. The SMILES string of the molecule is C[C@H](NC(=O)c1ccc(Br)c(N)c1)C1CCCC1. The van der Waals surface area contributed by atoms with Gasteiger partial charge in [0.2, 0.25) is 0 Å². The van der Waals surface area contributed by atoms with Crippen molar-refractivity contribution in [2.75, 3.05) is 5.73 Å². The van der Waals surface area contributed by atoms with Crippen molar-refractivity contribution in [1.82, 2.24) is 5.32 Å². The number of anilines is 1. The molecule has 1 aliphatic carbocycles. The molecule has 98 valence electrons. The number of hydrogen-bond donors (Lipinski definition) is 2. The second-order valence-electron chi connectivity index (χ2n) is 5.04. The molecule has 1 aliphatic rings. The molecule has 1 saturated carbocycles. The molecule has 1 aromatic carbocycles. The minimum absolute atomic E-state index is 0.0337. The highest BCUT2D eigenvalue weighted by molar-refractivity contribution is 9.10. The van der Waals surface area contributed by atoms with Crippen molar-refractivity contribution in [1.29, 1.82) is 0 Å². The Hall–Kier alpha value is -1.03. The van der Waals surface area contributed by atoms with E-state index in [0.29, 0.717) is 17.2 Å². The van der Waals surface area contributed by atoms with Gasteiger partial charge in [-0.25, -0.2) is 0 Å². The summed E-state index contributed by atoms with van der Waals surface area (Å²) in [7, 11) is 0. The fraction of sp³-hybridized carbons (Fsp3) is 0.500. The van der Waals surface area contributed by atoms with Crippen LogP contribution < -0.4 is 11.1 Å². The maximum absolute atomic E-state index is 12.1. The summed E-state index contributed by atoms with van der Waals surface area (Å²) in [5, 5.41) is 3.07. The number of nitrogen functional groups attached to an aromatic ring is 1. The topological polar surface area (TPSA) is 55.1 Å². The molecule has 0 bridgehead atoms. The molecule has 3 nitrogen and oxygen atoms in total. The highest BCUT2D eigenvalue weighted by atomic mass is 79.9. The van der Waals surface area contributed by atoms with E-state index in [1.54, 1.807) is 12.1 Å². The van der Waals surface area contributed by atoms with Gasteiger partial charge in [-0.3, -0.25) is 4.79 Å². The van der Waals surface area contributed by atoms with Gasteiger partial charge in [0.25, 0.3) is 5.91 Å². The summed E-state index contributed by atoms with van der Waals surface area (Å²) in [4.78, 5) is 12.1. The zero-order valence-electron chi connectivity index (χ0n) is 10.6. The van der Waals surface area contributed by atoms with Crippen molar-refractivity contribution in [2.24, 2.45) is 5.92 Å². The van der Waals surface area contributed by atoms with Gasteiger partial charge in [-0.15, -0.1) is 0 Å². The number of halogens is 1. The van der Waals surface area contributed by atoms with E-state index in [1.807, 2.05) is 6.07 Å². The third-order valence-corrected chi connectivity index (χ3v) is 4.45. The molecule has 2 rings (SSSR count). The van der Waals surface area contributed by atoms with Crippen LogP contribution in [0.3, 0.4) is 0 Å². The van der Waals surface area contributed by atoms with Gasteiger partial charge in [-0.05, 0) is 59.8 Å². The molecule has 1 amide bonds. The number of carbonyl (C=O) groups excluding carboxylic acids is 1. The molecule has 0 aromatic heterocycles. The quantitative estimate of drug-likeness (QED) is 0.841. The molecule has 0 saturated heterocycles. The van der Waals surface area contributed by atoms with E-state index in [0.717, 1.165) is 4.47 Å². The van der Waals surface area contributed by atoms with Crippen molar-refractivity contribution in [3.8, 4) is 0 Å². The summed E-state index contributed by atoms with van der Waals surface area (Å²) >= 11 is 3.33. The first-order valence-corrected chi connectivity index (χ1v) is 7.23. The Balaban J connectivity index is 2.00. The Morgan fingerprint density at radius 1 is 1.44 bits per heavy atom. The molecule has 0 radical (unpaired) electrons. The standard InChI is InChI=1S/C14H19BrN2O/c1-9(10-4-2-3-5-10)17-14(18)11-6-7-12(15)13(16)8-11/h6-10H,2-5,16H2,1H3,(H,17,18)/t9-/m0/s1. The van der Waals surface area contributed by atoms with Gasteiger partial charge in [-0.1, -0.05) is 12.8 Å². The van der Waals surface area contributed by atoms with Gasteiger partial charge in [0.15, 0.2) is 0 Å². The van der Waals surface area contributed by atoms with Crippen LogP contribution in [0.1, 0.15) is 43.0 Å². The average Bonchev–Trinajstić information content (AvgIpc) is 2.86. The molecule has 1 aromatic rings. The first-order valence-electron chi connectivity index (χ1n) is 6.44. The van der Waals surface area contributed by atoms with Gasteiger partial charge < -0.3 is 11.1 Å². The lowest BCUT2D eigenvalue weighted by Crippen LogP contribution is -2.37. The Bertz CT molecular complexity index is 441. The summed E-state index contributed by atoms with van der Waals surface area (Å²) in [6.45, 7) is 2.09.